The van der Waals surface area contributed by atoms with E-state index in [4.69, 9.17) is 0 Å². The van der Waals surface area contributed by atoms with Gasteiger partial charge in [0.1, 0.15) is 5.82 Å². The standard InChI is InChI=1S/C16H27F3N4/c1-15(2,3)21-8-9-23-11-13(10-16(17,18)19)22-14(23)12-4-6-20-7-5-12/h11-12,20-21H,4-10H2,1-3H3. The summed E-state index contributed by atoms with van der Waals surface area (Å²) in [6.45, 7) is 9.36. The third-order valence-electron chi connectivity index (χ3n) is 3.95. The zero-order valence-corrected chi connectivity index (χ0v) is 14.1. The van der Waals surface area contributed by atoms with Crippen molar-refractivity contribution in [3.05, 3.63) is 17.7 Å². The molecule has 0 saturated carbocycles. The molecule has 1 aliphatic rings. The summed E-state index contributed by atoms with van der Waals surface area (Å²) in [6, 6.07) is 0. The molecule has 1 fully saturated rings. The lowest BCUT2D eigenvalue weighted by atomic mass is 9.97. The van der Waals surface area contributed by atoms with Gasteiger partial charge in [-0.05, 0) is 46.7 Å². The van der Waals surface area contributed by atoms with Crippen LogP contribution in [0.25, 0.3) is 0 Å². The van der Waals surface area contributed by atoms with E-state index in [1.165, 1.54) is 0 Å². The van der Waals surface area contributed by atoms with Crippen molar-refractivity contribution in [1.29, 1.82) is 0 Å². The first kappa shape index (κ1) is 18.3. The maximum atomic E-state index is 12.7. The summed E-state index contributed by atoms with van der Waals surface area (Å²) in [5.41, 5.74) is 0.117. The molecular weight excluding hydrogens is 305 g/mol. The predicted molar refractivity (Wildman–Crippen MR) is 84.6 cm³/mol. The number of nitrogens with zero attached hydrogens (tertiary/aromatic N) is 2. The van der Waals surface area contributed by atoms with Crippen LogP contribution in [0.15, 0.2) is 6.20 Å². The van der Waals surface area contributed by atoms with Gasteiger partial charge in [-0.25, -0.2) is 4.98 Å². The first-order valence-electron chi connectivity index (χ1n) is 8.22. The van der Waals surface area contributed by atoms with E-state index in [0.29, 0.717) is 13.1 Å². The number of halogens is 3. The van der Waals surface area contributed by atoms with E-state index in [0.717, 1.165) is 31.8 Å². The highest BCUT2D eigenvalue weighted by Crippen LogP contribution is 2.27. The van der Waals surface area contributed by atoms with E-state index >= 15 is 0 Å². The molecular formula is C16H27F3N4. The van der Waals surface area contributed by atoms with Crippen molar-refractivity contribution in [1.82, 2.24) is 20.2 Å². The van der Waals surface area contributed by atoms with Crippen LogP contribution in [0.2, 0.25) is 0 Å². The van der Waals surface area contributed by atoms with Gasteiger partial charge in [0.2, 0.25) is 0 Å². The molecule has 1 aromatic rings. The molecule has 0 spiro atoms. The summed E-state index contributed by atoms with van der Waals surface area (Å²) in [6.07, 6.45) is -1.74. The molecule has 1 aliphatic heterocycles. The van der Waals surface area contributed by atoms with Gasteiger partial charge >= 0.3 is 6.18 Å². The highest BCUT2D eigenvalue weighted by molar-refractivity contribution is 5.11. The minimum Gasteiger partial charge on any atom is -0.333 e. The molecule has 2 heterocycles. The fourth-order valence-electron chi connectivity index (χ4n) is 2.91. The number of alkyl halides is 3. The molecule has 23 heavy (non-hydrogen) atoms. The van der Waals surface area contributed by atoms with Crippen LogP contribution in [0.5, 0.6) is 0 Å². The summed E-state index contributed by atoms with van der Waals surface area (Å²) in [5.74, 6) is 1.05. The van der Waals surface area contributed by atoms with Gasteiger partial charge in [-0.2, -0.15) is 13.2 Å². The monoisotopic (exact) mass is 332 g/mol. The largest absolute Gasteiger partial charge is 0.394 e. The summed E-state index contributed by atoms with van der Waals surface area (Å²) in [4.78, 5) is 4.32. The molecule has 2 N–H and O–H groups in total. The molecule has 132 valence electrons. The van der Waals surface area contributed by atoms with Gasteiger partial charge < -0.3 is 15.2 Å². The Labute approximate surface area is 135 Å². The lowest BCUT2D eigenvalue weighted by Gasteiger charge is -2.24. The van der Waals surface area contributed by atoms with Gasteiger partial charge in [0.25, 0.3) is 0 Å². The second-order valence-corrected chi connectivity index (χ2v) is 7.28. The zero-order chi connectivity index (χ0) is 17.1. The van der Waals surface area contributed by atoms with Crippen molar-refractivity contribution < 1.29 is 13.2 Å². The molecule has 0 aliphatic carbocycles. The Bertz CT molecular complexity index is 496. The van der Waals surface area contributed by atoms with Crippen LogP contribution in [0.4, 0.5) is 13.2 Å². The van der Waals surface area contributed by atoms with Crippen LogP contribution in [0.1, 0.15) is 51.0 Å². The molecule has 0 unspecified atom stereocenters. The zero-order valence-electron chi connectivity index (χ0n) is 14.1. The van der Waals surface area contributed by atoms with Crippen LogP contribution in [0, 0.1) is 0 Å². The van der Waals surface area contributed by atoms with Crippen LogP contribution >= 0.6 is 0 Å². The van der Waals surface area contributed by atoms with Crippen molar-refractivity contribution in [3.8, 4) is 0 Å². The van der Waals surface area contributed by atoms with E-state index in [2.05, 4.69) is 36.4 Å². The molecule has 0 radical (unpaired) electrons. The smallest absolute Gasteiger partial charge is 0.333 e. The fraction of sp³-hybridized carbons (Fsp3) is 0.812. The Morgan fingerprint density at radius 1 is 1.26 bits per heavy atom. The highest BCUT2D eigenvalue weighted by Gasteiger charge is 2.30. The van der Waals surface area contributed by atoms with Gasteiger partial charge in [-0.3, -0.25) is 0 Å². The van der Waals surface area contributed by atoms with Crippen LogP contribution in [-0.4, -0.2) is 40.9 Å². The summed E-state index contributed by atoms with van der Waals surface area (Å²) in [5, 5.41) is 6.66. The molecule has 1 saturated heterocycles. The minimum absolute atomic E-state index is 0.00962. The van der Waals surface area contributed by atoms with Gasteiger partial charge in [0, 0.05) is 30.7 Å². The number of aromatic nitrogens is 2. The Hall–Kier alpha value is -1.08. The van der Waals surface area contributed by atoms with Crippen LogP contribution in [0.3, 0.4) is 0 Å². The molecule has 0 atom stereocenters. The molecule has 0 amide bonds. The van der Waals surface area contributed by atoms with Crippen molar-refractivity contribution in [2.45, 2.75) is 64.2 Å². The van der Waals surface area contributed by atoms with Crippen LogP contribution in [-0.2, 0) is 13.0 Å². The molecule has 4 nitrogen and oxygen atoms in total. The Morgan fingerprint density at radius 3 is 2.48 bits per heavy atom. The lowest BCUT2D eigenvalue weighted by molar-refractivity contribution is -0.127. The Morgan fingerprint density at radius 2 is 1.91 bits per heavy atom. The summed E-state index contributed by atoms with van der Waals surface area (Å²) >= 11 is 0. The maximum absolute atomic E-state index is 12.7. The molecule has 7 heteroatoms. The Kier molecular flexibility index (Phi) is 5.73. The fourth-order valence-corrected chi connectivity index (χ4v) is 2.91. The normalized spacial score (nSPS) is 17.7. The third kappa shape index (κ3) is 6.14. The molecule has 0 aromatic carbocycles. The molecule has 1 aromatic heterocycles. The van der Waals surface area contributed by atoms with Crippen molar-refractivity contribution in [2.75, 3.05) is 19.6 Å². The van der Waals surface area contributed by atoms with Gasteiger partial charge in [-0.15, -0.1) is 0 Å². The van der Waals surface area contributed by atoms with E-state index in [1.54, 1.807) is 6.20 Å². The second kappa shape index (κ2) is 7.21. The quantitative estimate of drug-likeness (QED) is 0.871. The molecule has 0 bridgehead atoms. The average Bonchev–Trinajstić information content (AvgIpc) is 2.79. The van der Waals surface area contributed by atoms with E-state index in [-0.39, 0.29) is 17.2 Å². The van der Waals surface area contributed by atoms with Gasteiger partial charge in [0.15, 0.2) is 0 Å². The number of imidazole rings is 1. The van der Waals surface area contributed by atoms with Gasteiger partial charge in [-0.1, -0.05) is 0 Å². The number of rotatable bonds is 5. The van der Waals surface area contributed by atoms with Crippen LogP contribution < -0.4 is 10.6 Å². The van der Waals surface area contributed by atoms with E-state index in [9.17, 15) is 13.2 Å². The van der Waals surface area contributed by atoms with Crippen molar-refractivity contribution in [2.24, 2.45) is 0 Å². The maximum Gasteiger partial charge on any atom is 0.394 e. The lowest BCUT2D eigenvalue weighted by Crippen LogP contribution is -2.38. The number of hydrogen-bond donors (Lipinski definition) is 2. The summed E-state index contributed by atoms with van der Waals surface area (Å²) in [7, 11) is 0. The number of piperidine rings is 1. The highest BCUT2D eigenvalue weighted by atomic mass is 19.4. The second-order valence-electron chi connectivity index (χ2n) is 7.28. The predicted octanol–water partition coefficient (Wildman–Crippen LogP) is 2.84. The third-order valence-corrected chi connectivity index (χ3v) is 3.95. The van der Waals surface area contributed by atoms with Crippen molar-refractivity contribution in [3.63, 3.8) is 0 Å². The first-order chi connectivity index (χ1) is 10.6. The Balaban J connectivity index is 2.12. The van der Waals surface area contributed by atoms with E-state index in [1.807, 2.05) is 4.57 Å². The number of nitrogens with one attached hydrogen (secondary N) is 2. The van der Waals surface area contributed by atoms with E-state index < -0.39 is 12.6 Å². The van der Waals surface area contributed by atoms with Crippen molar-refractivity contribution >= 4 is 0 Å². The topological polar surface area (TPSA) is 41.9 Å². The SMILES string of the molecule is CC(C)(C)NCCn1cc(CC(F)(F)F)nc1C1CCNCC1. The molecule has 2 rings (SSSR count). The first-order valence-corrected chi connectivity index (χ1v) is 8.22. The summed E-state index contributed by atoms with van der Waals surface area (Å²) < 4.78 is 39.9. The number of hydrogen-bond acceptors (Lipinski definition) is 3. The van der Waals surface area contributed by atoms with Gasteiger partial charge in [0.05, 0.1) is 12.1 Å². The minimum atomic E-state index is -4.21. The average molecular weight is 332 g/mol.